The molecule has 2 heterocycles. The molecule has 1 aliphatic rings. The molecule has 0 atom stereocenters. The van der Waals surface area contributed by atoms with Crippen LogP contribution in [0.1, 0.15) is 38.4 Å². The highest BCUT2D eigenvalue weighted by Gasteiger charge is 2.24. The van der Waals surface area contributed by atoms with Crippen LogP contribution >= 0.6 is 0 Å². The third-order valence-electron chi connectivity index (χ3n) is 5.06. The molecule has 27 heavy (non-hydrogen) atoms. The molecule has 3 aromatic rings. The number of benzene rings is 2. The van der Waals surface area contributed by atoms with Crippen LogP contribution in [0.5, 0.6) is 0 Å². The first-order valence-corrected chi connectivity index (χ1v) is 9.23. The second kappa shape index (κ2) is 7.37. The van der Waals surface area contributed by atoms with Crippen molar-refractivity contribution < 1.29 is 9.90 Å². The van der Waals surface area contributed by atoms with Gasteiger partial charge in [-0.15, -0.1) is 0 Å². The van der Waals surface area contributed by atoms with Gasteiger partial charge in [-0.05, 0) is 36.6 Å². The lowest BCUT2D eigenvalue weighted by atomic mass is 9.98. The molecule has 0 saturated carbocycles. The quantitative estimate of drug-likeness (QED) is 0.777. The number of nitrogens with zero attached hydrogens (tertiary/aromatic N) is 3. The Morgan fingerprint density at radius 2 is 1.89 bits per heavy atom. The number of hydrogen-bond donors (Lipinski definition) is 1. The Balaban J connectivity index is 1.56. The first kappa shape index (κ1) is 17.5. The first-order valence-electron chi connectivity index (χ1n) is 9.23. The summed E-state index contributed by atoms with van der Waals surface area (Å²) in [5, 5.41) is 13.6. The van der Waals surface area contributed by atoms with Gasteiger partial charge in [-0.3, -0.25) is 9.48 Å². The monoisotopic (exact) mass is 361 g/mol. The van der Waals surface area contributed by atoms with Gasteiger partial charge in [0.25, 0.3) is 5.91 Å². The maximum atomic E-state index is 13.2. The van der Waals surface area contributed by atoms with Crippen molar-refractivity contribution in [3.8, 4) is 0 Å². The Hall–Kier alpha value is -2.92. The largest absolute Gasteiger partial charge is 0.390 e. The van der Waals surface area contributed by atoms with Crippen molar-refractivity contribution in [3.63, 3.8) is 0 Å². The van der Waals surface area contributed by atoms with Crippen molar-refractivity contribution in [2.75, 3.05) is 6.54 Å². The second-order valence-electron chi connectivity index (χ2n) is 7.05. The van der Waals surface area contributed by atoms with Gasteiger partial charge in [0.05, 0.1) is 31.1 Å². The topological polar surface area (TPSA) is 58.4 Å². The number of aliphatic hydroxyl groups is 1. The van der Waals surface area contributed by atoms with E-state index < -0.39 is 0 Å². The molecule has 0 radical (unpaired) electrons. The molecule has 0 fully saturated rings. The number of fused-ring (bicyclic) bond motifs is 1. The zero-order chi connectivity index (χ0) is 18.8. The van der Waals surface area contributed by atoms with E-state index in [2.05, 4.69) is 36.3 Å². The molecular weight excluding hydrogens is 338 g/mol. The fraction of sp³-hybridized carbons (Fsp3) is 0.273. The van der Waals surface area contributed by atoms with E-state index >= 15 is 0 Å². The summed E-state index contributed by atoms with van der Waals surface area (Å²) in [4.78, 5) is 15.1. The van der Waals surface area contributed by atoms with Crippen LogP contribution in [0.25, 0.3) is 0 Å². The predicted octanol–water partition coefficient (Wildman–Crippen LogP) is 2.93. The predicted molar refractivity (Wildman–Crippen MR) is 103 cm³/mol. The van der Waals surface area contributed by atoms with Gasteiger partial charge in [-0.25, -0.2) is 0 Å². The Labute approximate surface area is 158 Å². The van der Waals surface area contributed by atoms with Crippen molar-refractivity contribution in [2.24, 2.45) is 0 Å². The molecule has 0 bridgehead atoms. The van der Waals surface area contributed by atoms with E-state index in [1.807, 2.05) is 39.9 Å². The minimum atomic E-state index is -0.0761. The highest BCUT2D eigenvalue weighted by Crippen LogP contribution is 2.20. The fourth-order valence-electron chi connectivity index (χ4n) is 3.56. The minimum Gasteiger partial charge on any atom is -0.390 e. The Morgan fingerprint density at radius 1 is 1.11 bits per heavy atom. The minimum absolute atomic E-state index is 0.0516. The SMILES string of the molecule is Cc1ccc(Cc2ccccc2C(=O)N2CCn3nc(CO)cc3C2)cc1. The number of aryl methyl sites for hydroxylation is 1. The van der Waals surface area contributed by atoms with Crippen LogP contribution in [0.2, 0.25) is 0 Å². The van der Waals surface area contributed by atoms with Gasteiger partial charge in [-0.2, -0.15) is 5.10 Å². The van der Waals surface area contributed by atoms with Crippen LogP contribution in [0.4, 0.5) is 0 Å². The van der Waals surface area contributed by atoms with Crippen LogP contribution in [0.15, 0.2) is 54.6 Å². The van der Waals surface area contributed by atoms with Gasteiger partial charge < -0.3 is 10.0 Å². The number of amides is 1. The first-order chi connectivity index (χ1) is 13.1. The maximum absolute atomic E-state index is 13.2. The smallest absolute Gasteiger partial charge is 0.254 e. The maximum Gasteiger partial charge on any atom is 0.254 e. The second-order valence-corrected chi connectivity index (χ2v) is 7.05. The Bertz CT molecular complexity index is 960. The summed E-state index contributed by atoms with van der Waals surface area (Å²) in [5.41, 5.74) is 5.85. The van der Waals surface area contributed by atoms with Crippen molar-refractivity contribution in [1.29, 1.82) is 0 Å². The van der Waals surface area contributed by atoms with Gasteiger partial charge in [0.1, 0.15) is 0 Å². The highest BCUT2D eigenvalue weighted by molar-refractivity contribution is 5.95. The molecule has 4 rings (SSSR count). The zero-order valence-corrected chi connectivity index (χ0v) is 15.4. The molecule has 1 aliphatic heterocycles. The van der Waals surface area contributed by atoms with Crippen molar-refractivity contribution in [2.45, 2.75) is 33.0 Å². The molecular formula is C22H23N3O2. The average Bonchev–Trinajstić information content (AvgIpc) is 3.12. The van der Waals surface area contributed by atoms with Gasteiger partial charge in [0.15, 0.2) is 0 Å². The fourth-order valence-corrected chi connectivity index (χ4v) is 3.56. The summed E-state index contributed by atoms with van der Waals surface area (Å²) in [6, 6.07) is 18.2. The molecule has 0 spiro atoms. The molecule has 138 valence electrons. The Kier molecular flexibility index (Phi) is 4.77. The standard InChI is InChI=1S/C22H23N3O2/c1-16-6-8-17(9-7-16)12-18-4-2-3-5-21(18)22(27)24-10-11-25-20(14-24)13-19(15-26)23-25/h2-9,13,26H,10-12,14-15H2,1H3. The van der Waals surface area contributed by atoms with E-state index in [0.717, 1.165) is 23.2 Å². The van der Waals surface area contributed by atoms with Gasteiger partial charge in [0, 0.05) is 12.1 Å². The van der Waals surface area contributed by atoms with E-state index in [9.17, 15) is 9.90 Å². The molecule has 0 unspecified atom stereocenters. The molecule has 1 aromatic heterocycles. The van der Waals surface area contributed by atoms with Crippen LogP contribution in [0, 0.1) is 6.92 Å². The molecule has 0 saturated heterocycles. The summed E-state index contributed by atoms with van der Waals surface area (Å²) in [6.45, 7) is 3.79. The molecule has 2 aromatic carbocycles. The van der Waals surface area contributed by atoms with Crippen LogP contribution < -0.4 is 0 Å². The summed E-state index contributed by atoms with van der Waals surface area (Å²) in [6.07, 6.45) is 0.739. The van der Waals surface area contributed by atoms with Crippen molar-refractivity contribution in [1.82, 2.24) is 14.7 Å². The van der Waals surface area contributed by atoms with Crippen LogP contribution in [-0.4, -0.2) is 32.2 Å². The molecule has 1 amide bonds. The van der Waals surface area contributed by atoms with Crippen LogP contribution in [-0.2, 0) is 26.1 Å². The molecule has 5 heteroatoms. The zero-order valence-electron chi connectivity index (χ0n) is 15.4. The summed E-state index contributed by atoms with van der Waals surface area (Å²) >= 11 is 0. The Morgan fingerprint density at radius 3 is 2.67 bits per heavy atom. The van der Waals surface area contributed by atoms with Gasteiger partial charge in [0.2, 0.25) is 0 Å². The van der Waals surface area contributed by atoms with E-state index in [1.54, 1.807) is 0 Å². The number of aromatic nitrogens is 2. The molecule has 5 nitrogen and oxygen atoms in total. The highest BCUT2D eigenvalue weighted by atomic mass is 16.3. The van der Waals surface area contributed by atoms with Gasteiger partial charge >= 0.3 is 0 Å². The van der Waals surface area contributed by atoms with Crippen molar-refractivity contribution >= 4 is 5.91 Å². The molecule has 1 N–H and O–H groups in total. The average molecular weight is 361 g/mol. The van der Waals surface area contributed by atoms with E-state index in [4.69, 9.17) is 0 Å². The third kappa shape index (κ3) is 3.64. The number of carbonyl (C=O) groups excluding carboxylic acids is 1. The van der Waals surface area contributed by atoms with Crippen molar-refractivity contribution in [3.05, 3.63) is 88.2 Å². The number of carbonyl (C=O) groups is 1. The lowest BCUT2D eigenvalue weighted by molar-refractivity contribution is 0.0705. The normalized spacial score (nSPS) is 13.5. The number of aliphatic hydroxyl groups excluding tert-OH is 1. The summed E-state index contributed by atoms with van der Waals surface area (Å²) < 4.78 is 1.88. The molecule has 0 aliphatic carbocycles. The van der Waals surface area contributed by atoms with E-state index in [1.165, 1.54) is 11.1 Å². The lowest BCUT2D eigenvalue weighted by Crippen LogP contribution is -2.38. The van der Waals surface area contributed by atoms with Crippen LogP contribution in [0.3, 0.4) is 0 Å². The summed E-state index contributed by atoms with van der Waals surface area (Å²) in [5.74, 6) is 0.0516. The number of hydrogen-bond acceptors (Lipinski definition) is 3. The number of rotatable bonds is 4. The van der Waals surface area contributed by atoms with E-state index in [0.29, 0.717) is 25.3 Å². The van der Waals surface area contributed by atoms with Gasteiger partial charge in [-0.1, -0.05) is 48.0 Å². The lowest BCUT2D eigenvalue weighted by Gasteiger charge is -2.28. The third-order valence-corrected chi connectivity index (χ3v) is 5.06. The van der Waals surface area contributed by atoms with E-state index in [-0.39, 0.29) is 12.5 Å². The summed E-state index contributed by atoms with van der Waals surface area (Å²) in [7, 11) is 0.